The normalized spacial score (nSPS) is 12.6. The van der Waals surface area contributed by atoms with Crippen molar-refractivity contribution in [2.45, 2.75) is 6.10 Å². The second-order valence-corrected chi connectivity index (χ2v) is 4.58. The number of hydrogen-bond donors (Lipinski definition) is 1. The van der Waals surface area contributed by atoms with Crippen LogP contribution in [0, 0.1) is 0 Å². The fourth-order valence-corrected chi connectivity index (χ4v) is 2.32. The smallest absolute Gasteiger partial charge is 0.162 e. The molecule has 0 saturated heterocycles. The minimum Gasteiger partial charge on any atom is -0.493 e. The van der Waals surface area contributed by atoms with Crippen LogP contribution in [0.25, 0.3) is 10.9 Å². The standard InChI is InChI=1S/C15H15N3O2/c1-18-14(13(20-2)9-17-18)15(19)11-5-6-12-10(8-11)4-3-7-16-12/h3-9,15,19H,1-2H3. The van der Waals surface area contributed by atoms with Gasteiger partial charge in [0.25, 0.3) is 0 Å². The molecule has 20 heavy (non-hydrogen) atoms. The summed E-state index contributed by atoms with van der Waals surface area (Å²) >= 11 is 0. The topological polar surface area (TPSA) is 60.2 Å². The molecule has 3 rings (SSSR count). The number of aliphatic hydroxyl groups excluding tert-OH is 1. The Balaban J connectivity index is 2.07. The molecule has 0 saturated carbocycles. The van der Waals surface area contributed by atoms with E-state index < -0.39 is 6.10 Å². The maximum absolute atomic E-state index is 10.6. The van der Waals surface area contributed by atoms with E-state index in [2.05, 4.69) is 10.1 Å². The van der Waals surface area contributed by atoms with Gasteiger partial charge in [-0.05, 0) is 23.8 Å². The first-order valence-corrected chi connectivity index (χ1v) is 6.29. The molecule has 1 N–H and O–H groups in total. The molecule has 2 aromatic heterocycles. The van der Waals surface area contributed by atoms with E-state index in [4.69, 9.17) is 4.74 Å². The Labute approximate surface area is 116 Å². The van der Waals surface area contributed by atoms with Crippen molar-refractivity contribution in [3.63, 3.8) is 0 Å². The van der Waals surface area contributed by atoms with Gasteiger partial charge < -0.3 is 9.84 Å². The lowest BCUT2D eigenvalue weighted by Crippen LogP contribution is -2.08. The summed E-state index contributed by atoms with van der Waals surface area (Å²) in [6.07, 6.45) is 2.56. The predicted octanol–water partition coefficient (Wildman–Crippen LogP) is 2.06. The van der Waals surface area contributed by atoms with Gasteiger partial charge in [0.05, 0.1) is 18.8 Å². The SMILES string of the molecule is COc1cnn(C)c1C(O)c1ccc2ncccc2c1. The largest absolute Gasteiger partial charge is 0.493 e. The third-order valence-electron chi connectivity index (χ3n) is 3.37. The van der Waals surface area contributed by atoms with Gasteiger partial charge in [-0.25, -0.2) is 0 Å². The van der Waals surface area contributed by atoms with E-state index in [1.165, 1.54) is 0 Å². The number of benzene rings is 1. The molecular formula is C15H15N3O2. The van der Waals surface area contributed by atoms with Gasteiger partial charge in [-0.1, -0.05) is 12.1 Å². The molecule has 0 fully saturated rings. The van der Waals surface area contributed by atoms with Gasteiger partial charge in [0, 0.05) is 18.6 Å². The van der Waals surface area contributed by atoms with Gasteiger partial charge in [-0.2, -0.15) is 5.10 Å². The van der Waals surface area contributed by atoms with Crippen molar-refractivity contribution in [1.82, 2.24) is 14.8 Å². The molecule has 0 aliphatic heterocycles. The predicted molar refractivity (Wildman–Crippen MR) is 75.6 cm³/mol. The summed E-state index contributed by atoms with van der Waals surface area (Å²) in [5.41, 5.74) is 2.32. The molecule has 0 amide bonds. The van der Waals surface area contributed by atoms with Crippen LogP contribution in [0.15, 0.2) is 42.7 Å². The lowest BCUT2D eigenvalue weighted by molar-refractivity contribution is 0.204. The molecule has 0 bridgehead atoms. The monoisotopic (exact) mass is 269 g/mol. The molecule has 5 nitrogen and oxygen atoms in total. The molecule has 1 aromatic carbocycles. The molecule has 1 unspecified atom stereocenters. The van der Waals surface area contributed by atoms with Gasteiger partial charge in [-0.3, -0.25) is 9.67 Å². The first-order valence-electron chi connectivity index (χ1n) is 6.29. The van der Waals surface area contributed by atoms with Crippen molar-refractivity contribution < 1.29 is 9.84 Å². The summed E-state index contributed by atoms with van der Waals surface area (Å²) in [6.45, 7) is 0. The third-order valence-corrected chi connectivity index (χ3v) is 3.37. The lowest BCUT2D eigenvalue weighted by atomic mass is 10.0. The highest BCUT2D eigenvalue weighted by atomic mass is 16.5. The fraction of sp³-hybridized carbons (Fsp3) is 0.200. The van der Waals surface area contributed by atoms with E-state index in [9.17, 15) is 5.11 Å². The number of hydrogen-bond acceptors (Lipinski definition) is 4. The third kappa shape index (κ3) is 2.02. The fourth-order valence-electron chi connectivity index (χ4n) is 2.32. The second-order valence-electron chi connectivity index (χ2n) is 4.58. The molecule has 102 valence electrons. The molecule has 0 spiro atoms. The minimum atomic E-state index is -0.790. The number of rotatable bonds is 3. The van der Waals surface area contributed by atoms with Crippen LogP contribution >= 0.6 is 0 Å². The number of methoxy groups -OCH3 is 1. The number of aryl methyl sites for hydroxylation is 1. The molecule has 0 aliphatic rings. The minimum absolute atomic E-state index is 0.575. The summed E-state index contributed by atoms with van der Waals surface area (Å²) in [5, 5.41) is 15.7. The molecule has 2 heterocycles. The molecule has 0 radical (unpaired) electrons. The van der Waals surface area contributed by atoms with E-state index in [0.717, 1.165) is 16.5 Å². The first kappa shape index (κ1) is 12.6. The van der Waals surface area contributed by atoms with Crippen molar-refractivity contribution in [3.8, 4) is 5.75 Å². The van der Waals surface area contributed by atoms with Gasteiger partial charge in [0.15, 0.2) is 5.75 Å². The van der Waals surface area contributed by atoms with Crippen LogP contribution in [0.5, 0.6) is 5.75 Å². The molecule has 1 atom stereocenters. The zero-order chi connectivity index (χ0) is 14.1. The van der Waals surface area contributed by atoms with E-state index >= 15 is 0 Å². The Kier molecular flexibility index (Phi) is 3.12. The van der Waals surface area contributed by atoms with Crippen molar-refractivity contribution in [1.29, 1.82) is 0 Å². The molecule has 5 heteroatoms. The Morgan fingerprint density at radius 2 is 2.15 bits per heavy atom. The number of pyridine rings is 1. The summed E-state index contributed by atoms with van der Waals surface area (Å²) < 4.78 is 6.86. The van der Waals surface area contributed by atoms with Crippen molar-refractivity contribution in [2.24, 2.45) is 7.05 Å². The molecular weight excluding hydrogens is 254 g/mol. The van der Waals surface area contributed by atoms with Gasteiger partial charge in [0.2, 0.25) is 0 Å². The second kappa shape index (κ2) is 4.94. The Hall–Kier alpha value is -2.40. The van der Waals surface area contributed by atoms with E-state index in [-0.39, 0.29) is 0 Å². The maximum Gasteiger partial charge on any atom is 0.162 e. The highest BCUT2D eigenvalue weighted by molar-refractivity contribution is 5.79. The summed E-state index contributed by atoms with van der Waals surface area (Å²) in [7, 11) is 3.35. The van der Waals surface area contributed by atoms with Gasteiger partial charge in [-0.15, -0.1) is 0 Å². The summed E-state index contributed by atoms with van der Waals surface area (Å²) in [6, 6.07) is 9.55. The highest BCUT2D eigenvalue weighted by Gasteiger charge is 2.20. The van der Waals surface area contributed by atoms with E-state index in [0.29, 0.717) is 11.4 Å². The number of aromatic nitrogens is 3. The van der Waals surface area contributed by atoms with Crippen molar-refractivity contribution in [2.75, 3.05) is 7.11 Å². The highest BCUT2D eigenvalue weighted by Crippen LogP contribution is 2.30. The number of nitrogens with zero attached hydrogens (tertiary/aromatic N) is 3. The van der Waals surface area contributed by atoms with Crippen molar-refractivity contribution >= 4 is 10.9 Å². The Morgan fingerprint density at radius 1 is 1.30 bits per heavy atom. The van der Waals surface area contributed by atoms with Gasteiger partial charge in [0.1, 0.15) is 11.8 Å². The summed E-state index contributed by atoms with van der Waals surface area (Å²) in [5.74, 6) is 0.575. The Bertz CT molecular complexity index is 752. The van der Waals surface area contributed by atoms with E-state index in [1.807, 2.05) is 30.3 Å². The van der Waals surface area contributed by atoms with Gasteiger partial charge >= 0.3 is 0 Å². The lowest BCUT2D eigenvalue weighted by Gasteiger charge is -2.14. The van der Waals surface area contributed by atoms with Crippen LogP contribution in [0.2, 0.25) is 0 Å². The van der Waals surface area contributed by atoms with Crippen LogP contribution in [0.4, 0.5) is 0 Å². The maximum atomic E-state index is 10.6. The van der Waals surface area contributed by atoms with Crippen LogP contribution in [0.3, 0.4) is 0 Å². The quantitative estimate of drug-likeness (QED) is 0.790. The number of ether oxygens (including phenoxy) is 1. The van der Waals surface area contributed by atoms with Crippen LogP contribution < -0.4 is 4.74 Å². The van der Waals surface area contributed by atoms with Crippen LogP contribution in [-0.2, 0) is 7.05 Å². The summed E-state index contributed by atoms with van der Waals surface area (Å²) in [4.78, 5) is 4.27. The van der Waals surface area contributed by atoms with Crippen LogP contribution in [-0.4, -0.2) is 27.0 Å². The zero-order valence-electron chi connectivity index (χ0n) is 11.3. The molecule has 3 aromatic rings. The molecule has 0 aliphatic carbocycles. The first-order chi connectivity index (χ1) is 9.70. The zero-order valence-corrected chi connectivity index (χ0v) is 11.3. The Morgan fingerprint density at radius 3 is 2.95 bits per heavy atom. The van der Waals surface area contributed by atoms with Crippen LogP contribution in [0.1, 0.15) is 17.4 Å². The number of fused-ring (bicyclic) bond motifs is 1. The average molecular weight is 269 g/mol. The van der Waals surface area contributed by atoms with Crippen molar-refractivity contribution in [3.05, 3.63) is 54.0 Å². The van der Waals surface area contributed by atoms with E-state index in [1.54, 1.807) is 31.2 Å². The average Bonchev–Trinajstić information content (AvgIpc) is 2.87. The number of aliphatic hydroxyl groups is 1.